The Morgan fingerprint density at radius 1 is 1.06 bits per heavy atom. The molecule has 0 spiro atoms. The van der Waals surface area contributed by atoms with Gasteiger partial charge in [0.05, 0.1) is 17.1 Å². The summed E-state index contributed by atoms with van der Waals surface area (Å²) in [6, 6.07) is 12.6. The van der Waals surface area contributed by atoms with E-state index in [-0.39, 0.29) is 30.4 Å². The number of sulfonamides is 1. The molecule has 0 unspecified atom stereocenters. The molecule has 168 valence electrons. The van der Waals surface area contributed by atoms with Crippen molar-refractivity contribution in [1.82, 2.24) is 14.2 Å². The molecule has 1 fully saturated rings. The largest absolute Gasteiger partial charge is 0.301 e. The number of anilines is 1. The highest BCUT2D eigenvalue weighted by Gasteiger charge is 2.29. The number of carbonyl (C=O) groups is 1. The molecule has 0 aliphatic carbocycles. The van der Waals surface area contributed by atoms with Crippen LogP contribution in [0.15, 0.2) is 63.3 Å². The van der Waals surface area contributed by atoms with E-state index < -0.39 is 15.8 Å². The summed E-state index contributed by atoms with van der Waals surface area (Å²) in [6.45, 7) is 1.53. The minimum absolute atomic E-state index is 0.0652. The van der Waals surface area contributed by atoms with E-state index in [4.69, 9.17) is 0 Å². The molecular formula is C21H20BrFN4O3S2. The first-order valence-corrected chi connectivity index (χ1v) is 12.9. The minimum Gasteiger partial charge on any atom is -0.301 e. The van der Waals surface area contributed by atoms with Crippen LogP contribution in [0.2, 0.25) is 0 Å². The van der Waals surface area contributed by atoms with Crippen molar-refractivity contribution in [3.63, 3.8) is 0 Å². The van der Waals surface area contributed by atoms with Crippen LogP contribution in [-0.4, -0.2) is 61.2 Å². The van der Waals surface area contributed by atoms with Gasteiger partial charge in [-0.25, -0.2) is 17.8 Å². The molecule has 11 heteroatoms. The fraction of sp³-hybridized carbons (Fsp3) is 0.238. The summed E-state index contributed by atoms with van der Waals surface area (Å²) in [5.41, 5.74) is 1.75. The van der Waals surface area contributed by atoms with Gasteiger partial charge in [-0.15, -0.1) is 11.3 Å². The Balaban J connectivity index is 1.29. The molecule has 2 aromatic carbocycles. The predicted octanol–water partition coefficient (Wildman–Crippen LogP) is 3.66. The topological polar surface area (TPSA) is 82.6 Å². The van der Waals surface area contributed by atoms with Gasteiger partial charge in [-0.2, -0.15) is 4.31 Å². The van der Waals surface area contributed by atoms with Crippen molar-refractivity contribution in [3.05, 3.63) is 64.2 Å². The van der Waals surface area contributed by atoms with Crippen LogP contribution in [0.3, 0.4) is 0 Å². The molecule has 2 heterocycles. The molecule has 1 aliphatic rings. The third-order valence-electron chi connectivity index (χ3n) is 5.04. The average molecular weight is 539 g/mol. The van der Waals surface area contributed by atoms with Gasteiger partial charge >= 0.3 is 0 Å². The lowest BCUT2D eigenvalue weighted by atomic mass is 10.2. The Morgan fingerprint density at radius 3 is 2.38 bits per heavy atom. The van der Waals surface area contributed by atoms with Crippen molar-refractivity contribution in [2.75, 3.05) is 38.0 Å². The van der Waals surface area contributed by atoms with E-state index in [1.165, 1.54) is 27.8 Å². The summed E-state index contributed by atoms with van der Waals surface area (Å²) in [4.78, 5) is 18.9. The first-order valence-electron chi connectivity index (χ1n) is 9.81. The lowest BCUT2D eigenvalue weighted by Gasteiger charge is -2.33. The zero-order chi connectivity index (χ0) is 22.7. The normalized spacial score (nSPS) is 15.6. The second-order valence-corrected chi connectivity index (χ2v) is 10.9. The summed E-state index contributed by atoms with van der Waals surface area (Å²) in [6.07, 6.45) is 0. The molecule has 32 heavy (non-hydrogen) atoms. The number of rotatable bonds is 6. The molecule has 7 nitrogen and oxygen atoms in total. The maximum atomic E-state index is 13.1. The van der Waals surface area contributed by atoms with Crippen molar-refractivity contribution >= 4 is 48.3 Å². The van der Waals surface area contributed by atoms with E-state index in [1.807, 2.05) is 34.5 Å². The monoisotopic (exact) mass is 538 g/mol. The number of carbonyl (C=O) groups excluding carboxylic acids is 1. The molecule has 0 bridgehead atoms. The number of amides is 1. The number of hydrogen-bond donors (Lipinski definition) is 1. The van der Waals surface area contributed by atoms with Crippen molar-refractivity contribution in [1.29, 1.82) is 0 Å². The van der Waals surface area contributed by atoms with E-state index in [9.17, 15) is 17.6 Å². The van der Waals surface area contributed by atoms with Crippen LogP contribution < -0.4 is 5.32 Å². The quantitative estimate of drug-likeness (QED) is 0.517. The van der Waals surface area contributed by atoms with Crippen LogP contribution in [0.5, 0.6) is 0 Å². The lowest BCUT2D eigenvalue weighted by Crippen LogP contribution is -2.50. The smallest absolute Gasteiger partial charge is 0.243 e. The van der Waals surface area contributed by atoms with Gasteiger partial charge in [-0.1, -0.05) is 28.1 Å². The molecule has 1 aromatic heterocycles. The Bertz CT molecular complexity index is 1190. The van der Waals surface area contributed by atoms with E-state index in [0.717, 1.165) is 27.9 Å². The SMILES string of the molecule is O=C(CN1CCN(S(=O)(=O)c2ccc(F)cc2)CC1)Nc1nc(-c2ccc(Br)cc2)cs1. The van der Waals surface area contributed by atoms with Gasteiger partial charge in [0, 0.05) is 41.6 Å². The number of hydrogen-bond acceptors (Lipinski definition) is 6. The van der Waals surface area contributed by atoms with Crippen molar-refractivity contribution in [2.45, 2.75) is 4.90 Å². The second-order valence-electron chi connectivity index (χ2n) is 7.23. The zero-order valence-corrected chi connectivity index (χ0v) is 20.1. The number of halogens is 2. The van der Waals surface area contributed by atoms with Crippen LogP contribution in [0.4, 0.5) is 9.52 Å². The summed E-state index contributed by atoms with van der Waals surface area (Å²) in [5.74, 6) is -0.680. The fourth-order valence-corrected chi connectivity index (χ4v) is 5.75. The highest BCUT2D eigenvalue weighted by molar-refractivity contribution is 9.10. The molecule has 1 amide bonds. The molecule has 1 N–H and O–H groups in total. The standard InChI is InChI=1S/C21H20BrFN4O3S2/c22-16-3-1-15(2-4-16)19-14-31-21(24-19)25-20(28)13-26-9-11-27(12-10-26)32(29,30)18-7-5-17(23)6-8-18/h1-8,14H,9-13H2,(H,24,25,28). The van der Waals surface area contributed by atoms with Crippen LogP contribution >= 0.6 is 27.3 Å². The number of piperazine rings is 1. The van der Waals surface area contributed by atoms with Crippen LogP contribution in [-0.2, 0) is 14.8 Å². The minimum atomic E-state index is -3.68. The van der Waals surface area contributed by atoms with Crippen molar-refractivity contribution in [2.24, 2.45) is 0 Å². The maximum Gasteiger partial charge on any atom is 0.243 e. The van der Waals surface area contributed by atoms with Gasteiger partial charge in [0.1, 0.15) is 5.82 Å². The number of thiazole rings is 1. The van der Waals surface area contributed by atoms with Gasteiger partial charge in [0.15, 0.2) is 5.13 Å². The van der Waals surface area contributed by atoms with Gasteiger partial charge in [-0.3, -0.25) is 9.69 Å². The van der Waals surface area contributed by atoms with Crippen LogP contribution in [0.1, 0.15) is 0 Å². The van der Waals surface area contributed by atoms with Gasteiger partial charge in [0.2, 0.25) is 15.9 Å². The van der Waals surface area contributed by atoms with E-state index in [1.54, 1.807) is 0 Å². The van der Waals surface area contributed by atoms with Gasteiger partial charge in [0.25, 0.3) is 0 Å². The van der Waals surface area contributed by atoms with Crippen molar-refractivity contribution in [3.8, 4) is 11.3 Å². The Labute approximate surface area is 198 Å². The zero-order valence-electron chi connectivity index (χ0n) is 16.9. The van der Waals surface area contributed by atoms with Gasteiger partial charge < -0.3 is 5.32 Å². The third kappa shape index (κ3) is 5.41. The lowest BCUT2D eigenvalue weighted by molar-refractivity contribution is -0.117. The number of aromatic nitrogens is 1. The maximum absolute atomic E-state index is 13.1. The van der Waals surface area contributed by atoms with E-state index in [2.05, 4.69) is 26.2 Å². The van der Waals surface area contributed by atoms with E-state index >= 15 is 0 Å². The van der Waals surface area contributed by atoms with Crippen LogP contribution in [0.25, 0.3) is 11.3 Å². The molecule has 1 saturated heterocycles. The fourth-order valence-electron chi connectivity index (χ4n) is 3.33. The third-order valence-corrected chi connectivity index (χ3v) is 8.24. The molecule has 1 aliphatic heterocycles. The Kier molecular flexibility index (Phi) is 7.01. The Hall–Kier alpha value is -2.18. The number of benzene rings is 2. The Morgan fingerprint density at radius 2 is 1.72 bits per heavy atom. The summed E-state index contributed by atoms with van der Waals surface area (Å²) < 4.78 is 40.8. The average Bonchev–Trinajstić information content (AvgIpc) is 3.23. The second kappa shape index (κ2) is 9.75. The molecule has 0 atom stereocenters. The molecule has 0 radical (unpaired) electrons. The summed E-state index contributed by atoms with van der Waals surface area (Å²) >= 11 is 4.76. The summed E-state index contributed by atoms with van der Waals surface area (Å²) in [7, 11) is -3.68. The highest BCUT2D eigenvalue weighted by atomic mass is 79.9. The molecule has 4 rings (SSSR count). The van der Waals surface area contributed by atoms with Crippen LogP contribution in [0, 0.1) is 5.82 Å². The molecular weight excluding hydrogens is 519 g/mol. The first-order chi connectivity index (χ1) is 15.3. The van der Waals surface area contributed by atoms with Crippen molar-refractivity contribution < 1.29 is 17.6 Å². The number of nitrogens with zero attached hydrogens (tertiary/aromatic N) is 3. The highest BCUT2D eigenvalue weighted by Crippen LogP contribution is 2.26. The number of nitrogens with one attached hydrogen (secondary N) is 1. The van der Waals surface area contributed by atoms with E-state index in [0.29, 0.717) is 18.2 Å². The molecule has 3 aromatic rings. The first kappa shape index (κ1) is 23.0. The predicted molar refractivity (Wildman–Crippen MR) is 125 cm³/mol. The summed E-state index contributed by atoms with van der Waals surface area (Å²) in [5, 5.41) is 5.22. The van der Waals surface area contributed by atoms with Gasteiger partial charge in [-0.05, 0) is 36.4 Å². The molecule has 0 saturated carbocycles.